The van der Waals surface area contributed by atoms with E-state index in [1.165, 1.54) is 29.9 Å². The standard InChI is InChI=1S/C16H25NOS/c1-2-9-18-15-5-3-14(4-6-15)16(17)12-13-7-10-19-11-8-13/h3-6,13,16H,2,7-12,17H2,1H3. The molecule has 2 rings (SSSR count). The number of nitrogens with two attached hydrogens (primary N) is 1. The summed E-state index contributed by atoms with van der Waals surface area (Å²) < 4.78 is 5.60. The second-order valence-electron chi connectivity index (χ2n) is 5.32. The normalized spacial score (nSPS) is 18.2. The van der Waals surface area contributed by atoms with Crippen molar-refractivity contribution in [1.82, 2.24) is 0 Å². The van der Waals surface area contributed by atoms with Crippen LogP contribution in [-0.2, 0) is 0 Å². The zero-order valence-corrected chi connectivity index (χ0v) is 12.6. The third-order valence-corrected chi connectivity index (χ3v) is 4.76. The molecule has 0 saturated carbocycles. The van der Waals surface area contributed by atoms with E-state index >= 15 is 0 Å². The molecule has 1 aromatic carbocycles. The Morgan fingerprint density at radius 1 is 1.26 bits per heavy atom. The highest BCUT2D eigenvalue weighted by Gasteiger charge is 2.17. The SMILES string of the molecule is CCCOc1ccc(C(N)CC2CCSCC2)cc1. The molecule has 3 heteroatoms. The average Bonchev–Trinajstić information content (AvgIpc) is 2.46. The van der Waals surface area contributed by atoms with E-state index in [-0.39, 0.29) is 6.04 Å². The molecular formula is C16H25NOS. The highest BCUT2D eigenvalue weighted by molar-refractivity contribution is 7.99. The predicted octanol–water partition coefficient (Wildman–Crippen LogP) is 4.01. The summed E-state index contributed by atoms with van der Waals surface area (Å²) >= 11 is 2.07. The van der Waals surface area contributed by atoms with Crippen LogP contribution in [0.4, 0.5) is 0 Å². The largest absolute Gasteiger partial charge is 0.494 e. The van der Waals surface area contributed by atoms with Gasteiger partial charge in [-0.05, 0) is 60.8 Å². The Kier molecular flexibility index (Phi) is 6.05. The quantitative estimate of drug-likeness (QED) is 0.854. The molecule has 0 radical (unpaired) electrons. The summed E-state index contributed by atoms with van der Waals surface area (Å²) in [5.74, 6) is 4.38. The zero-order valence-electron chi connectivity index (χ0n) is 11.8. The van der Waals surface area contributed by atoms with Crippen molar-refractivity contribution in [3.63, 3.8) is 0 Å². The molecule has 1 saturated heterocycles. The van der Waals surface area contributed by atoms with E-state index in [1.54, 1.807) is 0 Å². The second-order valence-corrected chi connectivity index (χ2v) is 6.54. The van der Waals surface area contributed by atoms with Crippen LogP contribution < -0.4 is 10.5 Å². The summed E-state index contributed by atoms with van der Waals surface area (Å²) in [6, 6.07) is 8.50. The molecule has 19 heavy (non-hydrogen) atoms. The Bertz CT molecular complexity index is 360. The maximum Gasteiger partial charge on any atom is 0.119 e. The summed E-state index contributed by atoms with van der Waals surface area (Å²) in [6.45, 7) is 2.90. The van der Waals surface area contributed by atoms with Crippen LogP contribution in [0.3, 0.4) is 0 Å². The van der Waals surface area contributed by atoms with Crippen LogP contribution in [0.5, 0.6) is 5.75 Å². The lowest BCUT2D eigenvalue weighted by atomic mass is 9.91. The summed E-state index contributed by atoms with van der Waals surface area (Å²) in [7, 11) is 0. The molecule has 0 aliphatic carbocycles. The van der Waals surface area contributed by atoms with Crippen molar-refractivity contribution < 1.29 is 4.74 Å². The Balaban J connectivity index is 1.85. The number of rotatable bonds is 6. The van der Waals surface area contributed by atoms with Crippen LogP contribution in [0.25, 0.3) is 0 Å². The minimum Gasteiger partial charge on any atom is -0.494 e. The van der Waals surface area contributed by atoms with Gasteiger partial charge >= 0.3 is 0 Å². The third-order valence-electron chi connectivity index (χ3n) is 3.71. The molecule has 1 unspecified atom stereocenters. The van der Waals surface area contributed by atoms with Crippen LogP contribution in [-0.4, -0.2) is 18.1 Å². The van der Waals surface area contributed by atoms with Crippen molar-refractivity contribution >= 4 is 11.8 Å². The Morgan fingerprint density at radius 2 is 1.95 bits per heavy atom. The molecule has 1 aliphatic heterocycles. The van der Waals surface area contributed by atoms with Crippen molar-refractivity contribution in [3.8, 4) is 5.75 Å². The average molecular weight is 279 g/mol. The molecule has 1 fully saturated rings. The second kappa shape index (κ2) is 7.81. The fourth-order valence-corrected chi connectivity index (χ4v) is 3.71. The van der Waals surface area contributed by atoms with Crippen LogP contribution in [0, 0.1) is 5.92 Å². The summed E-state index contributed by atoms with van der Waals surface area (Å²) in [4.78, 5) is 0. The van der Waals surface area contributed by atoms with Crippen molar-refractivity contribution in [2.45, 2.75) is 38.6 Å². The molecule has 2 nitrogen and oxygen atoms in total. The van der Waals surface area contributed by atoms with Gasteiger partial charge in [0.25, 0.3) is 0 Å². The van der Waals surface area contributed by atoms with Gasteiger partial charge in [-0.3, -0.25) is 0 Å². The fourth-order valence-electron chi connectivity index (χ4n) is 2.51. The zero-order chi connectivity index (χ0) is 13.5. The number of hydrogen-bond donors (Lipinski definition) is 1. The van der Waals surface area contributed by atoms with E-state index in [2.05, 4.69) is 30.8 Å². The van der Waals surface area contributed by atoms with E-state index in [1.807, 2.05) is 12.1 Å². The minimum atomic E-state index is 0.174. The Labute approximate surface area is 121 Å². The first-order valence-electron chi connectivity index (χ1n) is 7.35. The van der Waals surface area contributed by atoms with Crippen molar-refractivity contribution in [1.29, 1.82) is 0 Å². The lowest BCUT2D eigenvalue weighted by Crippen LogP contribution is -2.18. The molecular weight excluding hydrogens is 254 g/mol. The number of hydrogen-bond acceptors (Lipinski definition) is 3. The van der Waals surface area contributed by atoms with Gasteiger partial charge in [0.1, 0.15) is 5.75 Å². The molecule has 1 aliphatic rings. The van der Waals surface area contributed by atoms with E-state index in [4.69, 9.17) is 10.5 Å². The maximum atomic E-state index is 6.33. The first-order chi connectivity index (χ1) is 9.29. The van der Waals surface area contributed by atoms with Crippen LogP contribution in [0.2, 0.25) is 0 Å². The fraction of sp³-hybridized carbons (Fsp3) is 0.625. The molecule has 0 aromatic heterocycles. The van der Waals surface area contributed by atoms with E-state index in [0.29, 0.717) is 0 Å². The molecule has 2 N–H and O–H groups in total. The summed E-state index contributed by atoms with van der Waals surface area (Å²) in [6.07, 6.45) is 4.82. The molecule has 106 valence electrons. The topological polar surface area (TPSA) is 35.2 Å². The van der Waals surface area contributed by atoms with Gasteiger partial charge in [-0.15, -0.1) is 0 Å². The molecule has 0 amide bonds. The first kappa shape index (κ1) is 14.7. The van der Waals surface area contributed by atoms with E-state index < -0.39 is 0 Å². The van der Waals surface area contributed by atoms with Gasteiger partial charge in [0, 0.05) is 6.04 Å². The van der Waals surface area contributed by atoms with Crippen molar-refractivity contribution in [2.75, 3.05) is 18.1 Å². The lowest BCUT2D eigenvalue weighted by Gasteiger charge is -2.24. The van der Waals surface area contributed by atoms with E-state index in [9.17, 15) is 0 Å². The van der Waals surface area contributed by atoms with Gasteiger partial charge in [0.15, 0.2) is 0 Å². The highest BCUT2D eigenvalue weighted by Crippen LogP contribution is 2.30. The van der Waals surface area contributed by atoms with Gasteiger partial charge in [-0.25, -0.2) is 0 Å². The maximum absolute atomic E-state index is 6.33. The molecule has 0 spiro atoms. The van der Waals surface area contributed by atoms with Gasteiger partial charge in [-0.1, -0.05) is 19.1 Å². The minimum absolute atomic E-state index is 0.174. The summed E-state index contributed by atoms with van der Waals surface area (Å²) in [5.41, 5.74) is 7.57. The number of benzene rings is 1. The Hall–Kier alpha value is -0.670. The van der Waals surface area contributed by atoms with Crippen molar-refractivity contribution in [2.24, 2.45) is 11.7 Å². The van der Waals surface area contributed by atoms with Crippen molar-refractivity contribution in [3.05, 3.63) is 29.8 Å². The van der Waals surface area contributed by atoms with Crippen LogP contribution in [0.1, 0.15) is 44.2 Å². The molecule has 1 heterocycles. The first-order valence-corrected chi connectivity index (χ1v) is 8.51. The van der Waals surface area contributed by atoms with Gasteiger partial charge in [-0.2, -0.15) is 11.8 Å². The number of ether oxygens (including phenoxy) is 1. The number of thioether (sulfide) groups is 1. The molecule has 1 atom stereocenters. The third kappa shape index (κ3) is 4.73. The lowest BCUT2D eigenvalue weighted by molar-refractivity contribution is 0.317. The summed E-state index contributed by atoms with van der Waals surface area (Å²) in [5, 5.41) is 0. The highest BCUT2D eigenvalue weighted by atomic mass is 32.2. The predicted molar refractivity (Wildman–Crippen MR) is 83.8 cm³/mol. The molecule has 0 bridgehead atoms. The van der Waals surface area contributed by atoms with Gasteiger partial charge in [0.2, 0.25) is 0 Å². The van der Waals surface area contributed by atoms with Crippen LogP contribution >= 0.6 is 11.8 Å². The molecule has 1 aromatic rings. The van der Waals surface area contributed by atoms with Crippen LogP contribution in [0.15, 0.2) is 24.3 Å². The van der Waals surface area contributed by atoms with Gasteiger partial charge in [0.05, 0.1) is 6.61 Å². The smallest absolute Gasteiger partial charge is 0.119 e. The Morgan fingerprint density at radius 3 is 2.58 bits per heavy atom. The van der Waals surface area contributed by atoms with Gasteiger partial charge < -0.3 is 10.5 Å². The van der Waals surface area contributed by atoms with E-state index in [0.717, 1.165) is 31.1 Å². The monoisotopic (exact) mass is 279 g/mol.